The SMILES string of the molecule is CCCCCCCCCCCCSc1ccc2nc(-c3ccc(OCCCCCCCCCCc4ccsc4)cc3)sc2c1. The Labute approximate surface area is 280 Å². The zero-order valence-electron chi connectivity index (χ0n) is 27.2. The predicted octanol–water partition coefficient (Wildman–Crippen LogP) is 13.8. The molecule has 0 N–H and O–H groups in total. The highest BCUT2D eigenvalue weighted by Gasteiger charge is 2.08. The molecule has 0 aliphatic heterocycles. The van der Waals surface area contributed by atoms with E-state index in [0.29, 0.717) is 0 Å². The molecule has 0 atom stereocenters. The van der Waals surface area contributed by atoms with Gasteiger partial charge in [-0.15, -0.1) is 23.1 Å². The summed E-state index contributed by atoms with van der Waals surface area (Å²) >= 11 is 5.61. The number of ether oxygens (including phenoxy) is 1. The van der Waals surface area contributed by atoms with Gasteiger partial charge in [0.25, 0.3) is 0 Å². The van der Waals surface area contributed by atoms with Crippen molar-refractivity contribution in [2.75, 3.05) is 12.4 Å². The first kappa shape index (κ1) is 35.0. The van der Waals surface area contributed by atoms with Gasteiger partial charge in [-0.25, -0.2) is 4.98 Å². The Morgan fingerprint density at radius 1 is 0.682 bits per heavy atom. The Morgan fingerprint density at radius 2 is 1.34 bits per heavy atom. The molecule has 0 saturated heterocycles. The average Bonchev–Trinajstić information content (AvgIpc) is 3.73. The Balaban J connectivity index is 1.04. The minimum atomic E-state index is 0.806. The van der Waals surface area contributed by atoms with E-state index in [1.54, 1.807) is 11.3 Å². The Kier molecular flexibility index (Phi) is 17.4. The summed E-state index contributed by atoms with van der Waals surface area (Å²) in [6.07, 6.45) is 25.7. The highest BCUT2D eigenvalue weighted by molar-refractivity contribution is 7.99. The number of hydrogen-bond donors (Lipinski definition) is 0. The van der Waals surface area contributed by atoms with E-state index >= 15 is 0 Å². The fourth-order valence-electron chi connectivity index (χ4n) is 5.71. The second kappa shape index (κ2) is 21.8. The van der Waals surface area contributed by atoms with Crippen LogP contribution in [0.1, 0.15) is 128 Å². The highest BCUT2D eigenvalue weighted by atomic mass is 32.2. The van der Waals surface area contributed by atoms with Crippen LogP contribution in [0.15, 0.2) is 64.2 Å². The maximum Gasteiger partial charge on any atom is 0.124 e. The maximum atomic E-state index is 6.04. The molecule has 0 saturated carbocycles. The van der Waals surface area contributed by atoms with Crippen LogP contribution in [0.25, 0.3) is 20.8 Å². The molecule has 0 aliphatic carbocycles. The van der Waals surface area contributed by atoms with Crippen LogP contribution in [-0.2, 0) is 6.42 Å². The third kappa shape index (κ3) is 13.7. The topological polar surface area (TPSA) is 22.1 Å². The number of benzene rings is 2. The molecule has 0 aliphatic rings. The van der Waals surface area contributed by atoms with Crippen molar-refractivity contribution in [3.63, 3.8) is 0 Å². The van der Waals surface area contributed by atoms with Gasteiger partial charge in [0.1, 0.15) is 10.8 Å². The van der Waals surface area contributed by atoms with E-state index in [-0.39, 0.29) is 0 Å². The Bertz CT molecular complexity index is 1260. The number of thiophene rings is 1. The monoisotopic (exact) mass is 649 g/mol. The van der Waals surface area contributed by atoms with E-state index in [9.17, 15) is 0 Å². The number of fused-ring (bicyclic) bond motifs is 1. The van der Waals surface area contributed by atoms with E-state index in [2.05, 4.69) is 66.2 Å². The van der Waals surface area contributed by atoms with Gasteiger partial charge < -0.3 is 4.74 Å². The summed E-state index contributed by atoms with van der Waals surface area (Å²) in [5.74, 6) is 2.18. The van der Waals surface area contributed by atoms with Crippen LogP contribution in [0.3, 0.4) is 0 Å². The van der Waals surface area contributed by atoms with E-state index in [1.165, 1.54) is 142 Å². The van der Waals surface area contributed by atoms with Crippen molar-refractivity contribution in [1.82, 2.24) is 4.98 Å². The van der Waals surface area contributed by atoms with Crippen LogP contribution in [-0.4, -0.2) is 17.3 Å². The molecule has 5 heteroatoms. The molecule has 240 valence electrons. The van der Waals surface area contributed by atoms with E-state index in [0.717, 1.165) is 29.3 Å². The van der Waals surface area contributed by atoms with E-state index < -0.39 is 0 Å². The zero-order chi connectivity index (χ0) is 30.5. The molecule has 2 heterocycles. The summed E-state index contributed by atoms with van der Waals surface area (Å²) in [6, 6.07) is 17.6. The van der Waals surface area contributed by atoms with Crippen LogP contribution < -0.4 is 4.74 Å². The lowest BCUT2D eigenvalue weighted by atomic mass is 10.1. The summed E-state index contributed by atoms with van der Waals surface area (Å²) in [7, 11) is 0. The first-order valence-corrected chi connectivity index (χ1v) is 20.3. The number of aromatic nitrogens is 1. The van der Waals surface area contributed by atoms with Gasteiger partial charge in [-0.1, -0.05) is 103 Å². The van der Waals surface area contributed by atoms with Gasteiger partial charge in [0, 0.05) is 10.5 Å². The number of hydrogen-bond acceptors (Lipinski definition) is 5. The zero-order valence-corrected chi connectivity index (χ0v) is 29.7. The van der Waals surface area contributed by atoms with Gasteiger partial charge in [0.15, 0.2) is 0 Å². The van der Waals surface area contributed by atoms with E-state index in [1.807, 2.05) is 23.1 Å². The van der Waals surface area contributed by atoms with Crippen molar-refractivity contribution in [3.05, 3.63) is 64.9 Å². The standard InChI is InChI=1S/C39H55NOS3/c1-2-3-4-5-6-7-10-13-16-19-29-43-36-25-26-37-38(31-36)44-39(40-37)34-21-23-35(24-22-34)41-28-18-15-12-9-8-11-14-17-20-33-27-30-42-32-33/h21-27,30-32H,2-20,28-29H2,1H3. The quantitative estimate of drug-likeness (QED) is 0.0527. The van der Waals surface area contributed by atoms with Gasteiger partial charge in [-0.3, -0.25) is 0 Å². The summed E-state index contributed by atoms with van der Waals surface area (Å²) in [5, 5.41) is 5.56. The van der Waals surface area contributed by atoms with Crippen molar-refractivity contribution < 1.29 is 4.74 Å². The van der Waals surface area contributed by atoms with Crippen molar-refractivity contribution in [1.29, 1.82) is 0 Å². The summed E-state index contributed by atoms with van der Waals surface area (Å²) in [4.78, 5) is 6.30. The Hall–Kier alpha value is -1.82. The molecule has 2 aromatic heterocycles. The Morgan fingerprint density at radius 3 is 2.02 bits per heavy atom. The normalized spacial score (nSPS) is 11.5. The third-order valence-electron chi connectivity index (χ3n) is 8.44. The van der Waals surface area contributed by atoms with Crippen molar-refractivity contribution in [2.24, 2.45) is 0 Å². The molecular weight excluding hydrogens is 595 g/mol. The fraction of sp³-hybridized carbons (Fsp3) is 0.564. The second-order valence-corrected chi connectivity index (χ2v) is 15.2. The molecule has 0 spiro atoms. The molecule has 0 unspecified atom stereocenters. The van der Waals surface area contributed by atoms with Gasteiger partial charge >= 0.3 is 0 Å². The minimum absolute atomic E-state index is 0.806. The molecule has 2 nitrogen and oxygen atoms in total. The van der Waals surface area contributed by atoms with Crippen molar-refractivity contribution >= 4 is 44.7 Å². The van der Waals surface area contributed by atoms with E-state index in [4.69, 9.17) is 9.72 Å². The number of nitrogens with zero attached hydrogens (tertiary/aromatic N) is 1. The molecule has 2 aromatic carbocycles. The van der Waals surface area contributed by atoms with Crippen LogP contribution in [0.2, 0.25) is 0 Å². The average molecular weight is 650 g/mol. The summed E-state index contributed by atoms with van der Waals surface area (Å²) in [6.45, 7) is 3.10. The van der Waals surface area contributed by atoms with Gasteiger partial charge in [0.05, 0.1) is 16.8 Å². The molecular formula is C39H55NOS3. The third-order valence-corrected chi connectivity index (χ3v) is 11.3. The number of aryl methyl sites for hydroxylation is 1. The van der Waals surface area contributed by atoms with Crippen molar-refractivity contribution in [3.8, 4) is 16.3 Å². The molecule has 0 radical (unpaired) electrons. The lowest BCUT2D eigenvalue weighted by molar-refractivity contribution is 0.304. The van der Waals surface area contributed by atoms with Crippen LogP contribution in [0.5, 0.6) is 5.75 Å². The number of thioether (sulfide) groups is 1. The molecule has 0 bridgehead atoms. The van der Waals surface area contributed by atoms with Crippen LogP contribution in [0, 0.1) is 0 Å². The highest BCUT2D eigenvalue weighted by Crippen LogP contribution is 2.34. The largest absolute Gasteiger partial charge is 0.494 e. The molecule has 0 fully saturated rings. The number of unbranched alkanes of at least 4 members (excludes halogenated alkanes) is 16. The predicted molar refractivity (Wildman–Crippen MR) is 198 cm³/mol. The molecule has 4 aromatic rings. The van der Waals surface area contributed by atoms with Gasteiger partial charge in [-0.2, -0.15) is 11.3 Å². The lowest BCUT2D eigenvalue weighted by Crippen LogP contribution is -1.97. The summed E-state index contributed by atoms with van der Waals surface area (Å²) in [5.41, 5.74) is 3.79. The molecule has 4 rings (SSSR count). The van der Waals surface area contributed by atoms with Gasteiger partial charge in [0.2, 0.25) is 0 Å². The van der Waals surface area contributed by atoms with Crippen LogP contribution in [0.4, 0.5) is 0 Å². The van der Waals surface area contributed by atoms with Crippen LogP contribution >= 0.6 is 34.4 Å². The first-order chi connectivity index (χ1) is 21.8. The number of thiazole rings is 1. The lowest BCUT2D eigenvalue weighted by Gasteiger charge is -2.07. The fourth-order valence-corrected chi connectivity index (χ4v) is 8.45. The van der Waals surface area contributed by atoms with Crippen molar-refractivity contribution in [2.45, 2.75) is 134 Å². The summed E-state index contributed by atoms with van der Waals surface area (Å²) < 4.78 is 7.32. The second-order valence-electron chi connectivity index (χ2n) is 12.3. The maximum absolute atomic E-state index is 6.04. The minimum Gasteiger partial charge on any atom is -0.494 e. The van der Waals surface area contributed by atoms with Gasteiger partial charge in [-0.05, 0) is 96.3 Å². The smallest absolute Gasteiger partial charge is 0.124 e. The first-order valence-electron chi connectivity index (χ1n) is 17.6. The molecule has 0 amide bonds. The molecule has 44 heavy (non-hydrogen) atoms. The number of rotatable bonds is 25.